The van der Waals surface area contributed by atoms with Crippen LogP contribution in [0.3, 0.4) is 0 Å². The van der Waals surface area contributed by atoms with Crippen LogP contribution in [0.25, 0.3) is 0 Å². The number of rotatable bonds is 9. The molecular formula is C23H25Cl2N5O3S. The smallest absolute Gasteiger partial charge is 0.253 e. The van der Waals surface area contributed by atoms with Crippen molar-refractivity contribution in [1.29, 1.82) is 0 Å². The van der Waals surface area contributed by atoms with E-state index >= 15 is 0 Å². The van der Waals surface area contributed by atoms with Gasteiger partial charge in [0.05, 0.1) is 29.5 Å². The zero-order valence-electron chi connectivity index (χ0n) is 19.1. The summed E-state index contributed by atoms with van der Waals surface area (Å²) in [5, 5.41) is 15.6. The van der Waals surface area contributed by atoms with E-state index in [2.05, 4.69) is 20.8 Å². The lowest BCUT2D eigenvalue weighted by molar-refractivity contribution is -0.113. The van der Waals surface area contributed by atoms with E-state index in [0.717, 1.165) is 0 Å². The van der Waals surface area contributed by atoms with E-state index < -0.39 is 6.04 Å². The van der Waals surface area contributed by atoms with E-state index in [1.807, 2.05) is 13.8 Å². The van der Waals surface area contributed by atoms with Crippen LogP contribution in [0.5, 0.6) is 5.75 Å². The largest absolute Gasteiger partial charge is 0.497 e. The lowest BCUT2D eigenvalue weighted by Crippen LogP contribution is -2.33. The lowest BCUT2D eigenvalue weighted by Gasteiger charge is -2.22. The molecule has 2 amide bonds. The van der Waals surface area contributed by atoms with Crippen LogP contribution in [0, 0.1) is 5.92 Å². The highest BCUT2D eigenvalue weighted by molar-refractivity contribution is 7.99. The molecular weight excluding hydrogens is 497 g/mol. The van der Waals surface area contributed by atoms with Crippen molar-refractivity contribution < 1.29 is 14.3 Å². The number of hydrogen-bond acceptors (Lipinski definition) is 6. The average molecular weight is 522 g/mol. The van der Waals surface area contributed by atoms with Crippen LogP contribution >= 0.6 is 35.0 Å². The molecule has 3 rings (SSSR count). The molecule has 0 aliphatic heterocycles. The maximum atomic E-state index is 12.9. The van der Waals surface area contributed by atoms with Crippen LogP contribution in [0.4, 0.5) is 5.69 Å². The monoisotopic (exact) mass is 521 g/mol. The van der Waals surface area contributed by atoms with Gasteiger partial charge in [-0.3, -0.25) is 9.59 Å². The minimum Gasteiger partial charge on any atom is -0.497 e. The summed E-state index contributed by atoms with van der Waals surface area (Å²) in [6, 6.07) is 11.4. The molecule has 1 atom stereocenters. The molecule has 0 unspecified atom stereocenters. The van der Waals surface area contributed by atoms with Crippen LogP contribution in [-0.4, -0.2) is 39.4 Å². The highest BCUT2D eigenvalue weighted by Crippen LogP contribution is 2.26. The summed E-state index contributed by atoms with van der Waals surface area (Å²) in [5.41, 5.74) is 0.967. The number of carbonyl (C=O) groups is 2. The number of ether oxygens (including phenoxy) is 1. The third-order valence-corrected chi connectivity index (χ3v) is 6.53. The number of benzene rings is 2. The molecule has 0 saturated heterocycles. The molecule has 1 aromatic heterocycles. The standard InChI is InChI=1S/C23H25Cl2N5O3S/c1-13(2)20(27-22(32)17-9-8-14(24)10-18(17)25)21-28-29-23(30(21)3)34-12-19(31)26-15-6-5-7-16(11-15)33-4/h5-11,13,20H,12H2,1-4H3,(H,26,31)(H,27,32)/t20-/m0/s1. The Kier molecular flexibility index (Phi) is 8.82. The second-order valence-electron chi connectivity index (χ2n) is 7.79. The SMILES string of the molecule is COc1cccc(NC(=O)CSc2nnc([C@@H](NC(=O)c3ccc(Cl)cc3Cl)C(C)C)n2C)c1. The molecule has 3 aromatic rings. The lowest BCUT2D eigenvalue weighted by atomic mass is 10.0. The summed E-state index contributed by atoms with van der Waals surface area (Å²) in [7, 11) is 3.37. The summed E-state index contributed by atoms with van der Waals surface area (Å²) in [5.74, 6) is 0.868. The number of nitrogens with one attached hydrogen (secondary N) is 2. The Morgan fingerprint density at radius 1 is 1.15 bits per heavy atom. The first kappa shape index (κ1) is 25.9. The maximum Gasteiger partial charge on any atom is 0.253 e. The van der Waals surface area contributed by atoms with Crippen LogP contribution in [0.2, 0.25) is 10.0 Å². The molecule has 8 nitrogen and oxygen atoms in total. The van der Waals surface area contributed by atoms with E-state index in [4.69, 9.17) is 27.9 Å². The van der Waals surface area contributed by atoms with Gasteiger partial charge in [0.25, 0.3) is 5.91 Å². The Balaban J connectivity index is 1.67. The predicted octanol–water partition coefficient (Wildman–Crippen LogP) is 4.99. The van der Waals surface area contributed by atoms with Gasteiger partial charge in [0, 0.05) is 23.8 Å². The number of hydrogen-bond donors (Lipinski definition) is 2. The fraction of sp³-hybridized carbons (Fsp3) is 0.304. The van der Waals surface area contributed by atoms with Gasteiger partial charge in [-0.05, 0) is 36.2 Å². The van der Waals surface area contributed by atoms with E-state index in [1.165, 1.54) is 17.8 Å². The number of aromatic nitrogens is 3. The van der Waals surface area contributed by atoms with Crippen molar-refractivity contribution in [2.45, 2.75) is 25.0 Å². The summed E-state index contributed by atoms with van der Waals surface area (Å²) < 4.78 is 6.95. The Hall–Kier alpha value is -2.75. The Labute approximate surface area is 212 Å². The van der Waals surface area contributed by atoms with Crippen molar-refractivity contribution in [3.63, 3.8) is 0 Å². The second kappa shape index (κ2) is 11.6. The molecule has 0 aliphatic rings. The zero-order chi connectivity index (χ0) is 24.8. The minimum absolute atomic E-state index is 0.0205. The fourth-order valence-corrected chi connectivity index (χ4v) is 4.39. The van der Waals surface area contributed by atoms with E-state index in [-0.39, 0.29) is 28.5 Å². The molecule has 0 radical (unpaired) electrons. The van der Waals surface area contributed by atoms with Crippen molar-refractivity contribution in [2.75, 3.05) is 18.2 Å². The van der Waals surface area contributed by atoms with Gasteiger partial charge in [-0.25, -0.2) is 0 Å². The van der Waals surface area contributed by atoms with E-state index in [9.17, 15) is 9.59 Å². The molecule has 2 N–H and O–H groups in total. The van der Waals surface area contributed by atoms with Gasteiger partial charge in [0.2, 0.25) is 5.91 Å². The van der Waals surface area contributed by atoms with Gasteiger partial charge >= 0.3 is 0 Å². The van der Waals surface area contributed by atoms with Crippen LogP contribution in [0.15, 0.2) is 47.6 Å². The number of methoxy groups -OCH3 is 1. The maximum absolute atomic E-state index is 12.9. The third kappa shape index (κ3) is 6.43. The van der Waals surface area contributed by atoms with Gasteiger partial charge in [0.15, 0.2) is 11.0 Å². The number of nitrogens with zero attached hydrogens (tertiary/aromatic N) is 3. The molecule has 0 bridgehead atoms. The molecule has 180 valence electrons. The molecule has 34 heavy (non-hydrogen) atoms. The summed E-state index contributed by atoms with van der Waals surface area (Å²) in [4.78, 5) is 25.2. The Morgan fingerprint density at radius 2 is 1.91 bits per heavy atom. The third-order valence-electron chi connectivity index (χ3n) is 4.96. The zero-order valence-corrected chi connectivity index (χ0v) is 21.5. The average Bonchev–Trinajstić information content (AvgIpc) is 3.15. The number of halogens is 2. The molecule has 11 heteroatoms. The summed E-state index contributed by atoms with van der Waals surface area (Å²) in [6.45, 7) is 3.94. The van der Waals surface area contributed by atoms with Crippen molar-refractivity contribution in [3.8, 4) is 5.75 Å². The highest BCUT2D eigenvalue weighted by atomic mass is 35.5. The first-order valence-electron chi connectivity index (χ1n) is 10.4. The van der Waals surface area contributed by atoms with Crippen molar-refractivity contribution in [2.24, 2.45) is 13.0 Å². The van der Waals surface area contributed by atoms with Crippen LogP contribution in [-0.2, 0) is 11.8 Å². The first-order chi connectivity index (χ1) is 16.2. The summed E-state index contributed by atoms with van der Waals surface area (Å²) >= 11 is 13.4. The van der Waals surface area contributed by atoms with E-state index in [1.54, 1.807) is 55.1 Å². The molecule has 0 fully saturated rings. The van der Waals surface area contributed by atoms with E-state index in [0.29, 0.717) is 33.0 Å². The number of amides is 2. The van der Waals surface area contributed by atoms with Gasteiger partial charge in [-0.15, -0.1) is 10.2 Å². The number of carbonyl (C=O) groups excluding carboxylic acids is 2. The summed E-state index contributed by atoms with van der Waals surface area (Å²) in [6.07, 6.45) is 0. The van der Waals surface area contributed by atoms with Gasteiger partial charge in [-0.1, -0.05) is 54.9 Å². The Bertz CT molecular complexity index is 1190. The van der Waals surface area contributed by atoms with Crippen molar-refractivity contribution >= 4 is 52.5 Å². The van der Waals surface area contributed by atoms with Crippen molar-refractivity contribution in [1.82, 2.24) is 20.1 Å². The van der Waals surface area contributed by atoms with Gasteiger partial charge < -0.3 is 19.9 Å². The topological polar surface area (TPSA) is 98.1 Å². The Morgan fingerprint density at radius 3 is 2.59 bits per heavy atom. The molecule has 0 aliphatic carbocycles. The molecule has 0 saturated carbocycles. The second-order valence-corrected chi connectivity index (χ2v) is 9.57. The fourth-order valence-electron chi connectivity index (χ4n) is 3.17. The first-order valence-corrected chi connectivity index (χ1v) is 12.2. The molecule has 2 aromatic carbocycles. The number of thioether (sulfide) groups is 1. The predicted molar refractivity (Wildman–Crippen MR) is 135 cm³/mol. The van der Waals surface area contributed by atoms with Gasteiger partial charge in [0.1, 0.15) is 5.75 Å². The minimum atomic E-state index is -0.420. The number of anilines is 1. The van der Waals surface area contributed by atoms with Crippen LogP contribution < -0.4 is 15.4 Å². The van der Waals surface area contributed by atoms with Crippen molar-refractivity contribution in [3.05, 3.63) is 63.9 Å². The normalized spacial score (nSPS) is 11.9. The quantitative estimate of drug-likeness (QED) is 0.385. The molecule has 0 spiro atoms. The highest BCUT2D eigenvalue weighted by Gasteiger charge is 2.26. The van der Waals surface area contributed by atoms with Crippen LogP contribution in [0.1, 0.15) is 36.1 Å². The van der Waals surface area contributed by atoms with Gasteiger partial charge in [-0.2, -0.15) is 0 Å². The molecule has 1 heterocycles.